The summed E-state index contributed by atoms with van der Waals surface area (Å²) < 4.78 is 5.71. The SMILES string of the molecule is CC1CCCC1CNC1CCOc2ccccc21. The number of hydrogen-bond acceptors (Lipinski definition) is 2. The molecule has 1 aromatic carbocycles. The first-order valence-electron chi connectivity index (χ1n) is 7.29. The van der Waals surface area contributed by atoms with Crippen molar-refractivity contribution in [2.75, 3.05) is 13.2 Å². The highest BCUT2D eigenvalue weighted by Crippen LogP contribution is 2.34. The molecule has 0 aromatic heterocycles. The molecule has 2 heteroatoms. The van der Waals surface area contributed by atoms with E-state index in [2.05, 4.69) is 36.5 Å². The van der Waals surface area contributed by atoms with Crippen molar-refractivity contribution in [3.8, 4) is 5.75 Å². The fraction of sp³-hybridized carbons (Fsp3) is 0.625. The maximum Gasteiger partial charge on any atom is 0.124 e. The molecule has 1 fully saturated rings. The molecule has 1 N–H and O–H groups in total. The van der Waals surface area contributed by atoms with Gasteiger partial charge in [-0.1, -0.05) is 38.0 Å². The second-order valence-corrected chi connectivity index (χ2v) is 5.80. The molecule has 98 valence electrons. The highest BCUT2D eigenvalue weighted by atomic mass is 16.5. The quantitative estimate of drug-likeness (QED) is 0.879. The van der Waals surface area contributed by atoms with Crippen molar-refractivity contribution in [1.29, 1.82) is 0 Å². The molecule has 1 aromatic rings. The Hall–Kier alpha value is -1.02. The van der Waals surface area contributed by atoms with E-state index in [9.17, 15) is 0 Å². The van der Waals surface area contributed by atoms with E-state index in [1.54, 1.807) is 0 Å². The van der Waals surface area contributed by atoms with Crippen LogP contribution in [0.5, 0.6) is 5.75 Å². The molecule has 18 heavy (non-hydrogen) atoms. The van der Waals surface area contributed by atoms with Gasteiger partial charge in [0.2, 0.25) is 0 Å². The summed E-state index contributed by atoms with van der Waals surface area (Å²) in [6.45, 7) is 4.41. The van der Waals surface area contributed by atoms with Gasteiger partial charge in [0, 0.05) is 18.0 Å². The maximum absolute atomic E-state index is 5.71. The predicted octanol–water partition coefficient (Wildman–Crippen LogP) is 3.54. The highest BCUT2D eigenvalue weighted by Gasteiger charge is 2.26. The average Bonchev–Trinajstić information content (AvgIpc) is 2.82. The van der Waals surface area contributed by atoms with Crippen LogP contribution in [-0.4, -0.2) is 13.2 Å². The number of benzene rings is 1. The maximum atomic E-state index is 5.71. The normalized spacial score (nSPS) is 30.8. The zero-order chi connectivity index (χ0) is 12.4. The molecule has 2 nitrogen and oxygen atoms in total. The van der Waals surface area contributed by atoms with Crippen molar-refractivity contribution < 1.29 is 4.74 Å². The lowest BCUT2D eigenvalue weighted by molar-refractivity contribution is 0.244. The molecule has 1 aliphatic heterocycles. The molecule has 1 aliphatic carbocycles. The lowest BCUT2D eigenvalue weighted by Crippen LogP contribution is -2.31. The van der Waals surface area contributed by atoms with Crippen molar-refractivity contribution in [2.45, 2.75) is 38.6 Å². The number of ether oxygens (including phenoxy) is 1. The zero-order valence-corrected chi connectivity index (χ0v) is 11.2. The van der Waals surface area contributed by atoms with Gasteiger partial charge in [0.15, 0.2) is 0 Å². The summed E-state index contributed by atoms with van der Waals surface area (Å²) in [7, 11) is 0. The molecule has 3 atom stereocenters. The molecule has 2 aliphatic rings. The number of nitrogens with one attached hydrogen (secondary N) is 1. The van der Waals surface area contributed by atoms with E-state index in [1.165, 1.54) is 31.4 Å². The Morgan fingerprint density at radius 3 is 2.94 bits per heavy atom. The van der Waals surface area contributed by atoms with E-state index in [-0.39, 0.29) is 0 Å². The predicted molar refractivity (Wildman–Crippen MR) is 73.8 cm³/mol. The standard InChI is InChI=1S/C16H23NO/c1-12-5-4-6-13(12)11-17-15-9-10-18-16-8-3-2-7-14(15)16/h2-3,7-8,12-13,15,17H,4-6,9-11H2,1H3. The van der Waals surface area contributed by atoms with Crippen LogP contribution >= 0.6 is 0 Å². The third-order valence-corrected chi connectivity index (χ3v) is 4.62. The summed E-state index contributed by atoms with van der Waals surface area (Å²) >= 11 is 0. The van der Waals surface area contributed by atoms with Gasteiger partial charge in [0.1, 0.15) is 5.75 Å². The van der Waals surface area contributed by atoms with Crippen LogP contribution in [0, 0.1) is 11.8 Å². The zero-order valence-electron chi connectivity index (χ0n) is 11.2. The van der Waals surface area contributed by atoms with Gasteiger partial charge in [0.25, 0.3) is 0 Å². The van der Waals surface area contributed by atoms with Crippen LogP contribution < -0.4 is 10.1 Å². The van der Waals surface area contributed by atoms with E-state index in [4.69, 9.17) is 4.74 Å². The largest absolute Gasteiger partial charge is 0.493 e. The summed E-state index contributed by atoms with van der Waals surface area (Å²) in [5.41, 5.74) is 1.34. The van der Waals surface area contributed by atoms with E-state index in [0.29, 0.717) is 6.04 Å². The minimum atomic E-state index is 0.489. The second kappa shape index (κ2) is 5.31. The molecule has 3 unspecified atom stereocenters. The molecule has 0 amide bonds. The van der Waals surface area contributed by atoms with Gasteiger partial charge in [-0.25, -0.2) is 0 Å². The first kappa shape index (κ1) is 12.0. The monoisotopic (exact) mass is 245 g/mol. The van der Waals surface area contributed by atoms with Crippen molar-refractivity contribution in [3.05, 3.63) is 29.8 Å². The third-order valence-electron chi connectivity index (χ3n) is 4.62. The van der Waals surface area contributed by atoms with Crippen molar-refractivity contribution in [2.24, 2.45) is 11.8 Å². The van der Waals surface area contributed by atoms with E-state index >= 15 is 0 Å². The highest BCUT2D eigenvalue weighted by molar-refractivity contribution is 5.37. The lowest BCUT2D eigenvalue weighted by Gasteiger charge is -2.28. The van der Waals surface area contributed by atoms with Gasteiger partial charge in [-0.2, -0.15) is 0 Å². The summed E-state index contributed by atoms with van der Waals surface area (Å²) in [5, 5.41) is 3.77. The smallest absolute Gasteiger partial charge is 0.124 e. The molecule has 0 radical (unpaired) electrons. The van der Waals surface area contributed by atoms with Crippen molar-refractivity contribution in [3.63, 3.8) is 0 Å². The Labute approximate surface area is 110 Å². The van der Waals surface area contributed by atoms with Gasteiger partial charge in [-0.05, 0) is 30.9 Å². The third kappa shape index (κ3) is 2.39. The molecule has 3 rings (SSSR count). The van der Waals surface area contributed by atoms with Gasteiger partial charge < -0.3 is 10.1 Å². The summed E-state index contributed by atoms with van der Waals surface area (Å²) in [6.07, 6.45) is 5.33. The van der Waals surface area contributed by atoms with Crippen molar-refractivity contribution >= 4 is 0 Å². The first-order valence-corrected chi connectivity index (χ1v) is 7.29. The fourth-order valence-corrected chi connectivity index (χ4v) is 3.37. The Kier molecular flexibility index (Phi) is 3.55. The average molecular weight is 245 g/mol. The Bertz CT molecular complexity index is 404. The van der Waals surface area contributed by atoms with Crippen LogP contribution in [0.25, 0.3) is 0 Å². The van der Waals surface area contributed by atoms with Crippen LogP contribution in [0.1, 0.15) is 44.2 Å². The number of hydrogen-bond donors (Lipinski definition) is 1. The summed E-state index contributed by atoms with van der Waals surface area (Å²) in [4.78, 5) is 0. The Morgan fingerprint density at radius 1 is 1.22 bits per heavy atom. The minimum Gasteiger partial charge on any atom is -0.493 e. The number of para-hydroxylation sites is 1. The molecule has 0 spiro atoms. The minimum absolute atomic E-state index is 0.489. The summed E-state index contributed by atoms with van der Waals surface area (Å²) in [6, 6.07) is 8.94. The van der Waals surface area contributed by atoms with Gasteiger partial charge >= 0.3 is 0 Å². The van der Waals surface area contributed by atoms with E-state index in [0.717, 1.165) is 30.6 Å². The number of rotatable bonds is 3. The van der Waals surface area contributed by atoms with Crippen molar-refractivity contribution in [1.82, 2.24) is 5.32 Å². The van der Waals surface area contributed by atoms with Gasteiger partial charge in [0.05, 0.1) is 6.61 Å². The van der Waals surface area contributed by atoms with E-state index < -0.39 is 0 Å². The van der Waals surface area contributed by atoms with Gasteiger partial charge in [-0.15, -0.1) is 0 Å². The van der Waals surface area contributed by atoms with Crippen LogP contribution in [-0.2, 0) is 0 Å². The molecular weight excluding hydrogens is 222 g/mol. The first-order chi connectivity index (χ1) is 8.84. The summed E-state index contributed by atoms with van der Waals surface area (Å²) in [5.74, 6) is 2.84. The van der Waals surface area contributed by atoms with Gasteiger partial charge in [-0.3, -0.25) is 0 Å². The van der Waals surface area contributed by atoms with Crippen LogP contribution in [0.2, 0.25) is 0 Å². The second-order valence-electron chi connectivity index (χ2n) is 5.80. The van der Waals surface area contributed by atoms with Crippen LogP contribution in [0.4, 0.5) is 0 Å². The molecular formula is C16H23NO. The molecule has 0 bridgehead atoms. The van der Waals surface area contributed by atoms with Crippen LogP contribution in [0.15, 0.2) is 24.3 Å². The Morgan fingerprint density at radius 2 is 2.11 bits per heavy atom. The lowest BCUT2D eigenvalue weighted by atomic mass is 9.96. The Balaban J connectivity index is 1.64. The van der Waals surface area contributed by atoms with E-state index in [1.807, 2.05) is 0 Å². The fourth-order valence-electron chi connectivity index (χ4n) is 3.37. The molecule has 1 heterocycles. The topological polar surface area (TPSA) is 21.3 Å². The molecule has 0 saturated heterocycles. The van der Waals surface area contributed by atoms with Crippen LogP contribution in [0.3, 0.4) is 0 Å². The number of fused-ring (bicyclic) bond motifs is 1. The molecule has 1 saturated carbocycles.